The van der Waals surface area contributed by atoms with Crippen LogP contribution in [0.4, 0.5) is 11.4 Å². The highest BCUT2D eigenvalue weighted by molar-refractivity contribution is 6.00. The van der Waals surface area contributed by atoms with E-state index in [-0.39, 0.29) is 11.8 Å². The fourth-order valence-electron chi connectivity index (χ4n) is 4.17. The number of benzene rings is 2. The zero-order valence-corrected chi connectivity index (χ0v) is 17.7. The van der Waals surface area contributed by atoms with Crippen molar-refractivity contribution >= 4 is 23.2 Å². The van der Waals surface area contributed by atoms with Crippen molar-refractivity contribution in [1.29, 1.82) is 0 Å². The fraction of sp³-hybridized carbons (Fsp3) is 0.417. The number of nitrogens with zero attached hydrogens (tertiary/aromatic N) is 3. The zero-order valence-electron chi connectivity index (χ0n) is 17.7. The van der Waals surface area contributed by atoms with Crippen molar-refractivity contribution in [2.75, 3.05) is 42.5 Å². The molecule has 0 aliphatic carbocycles. The predicted octanol–water partition coefficient (Wildman–Crippen LogP) is 3.24. The topological polar surface area (TPSA) is 53.1 Å². The van der Waals surface area contributed by atoms with Gasteiger partial charge in [-0.2, -0.15) is 0 Å². The Kier molecular flexibility index (Phi) is 5.93. The van der Waals surface area contributed by atoms with Crippen molar-refractivity contribution in [2.45, 2.75) is 32.8 Å². The van der Waals surface area contributed by atoms with E-state index in [0.29, 0.717) is 38.2 Å². The molecule has 158 valence electrons. The van der Waals surface area contributed by atoms with Crippen molar-refractivity contribution in [1.82, 2.24) is 4.90 Å². The summed E-state index contributed by atoms with van der Waals surface area (Å²) in [6.07, 6.45) is 0.451. The van der Waals surface area contributed by atoms with Crippen LogP contribution in [0.5, 0.6) is 5.75 Å². The van der Waals surface area contributed by atoms with Crippen LogP contribution in [0.25, 0.3) is 0 Å². The molecule has 1 unspecified atom stereocenters. The molecule has 6 nitrogen and oxygen atoms in total. The molecule has 2 aliphatic rings. The third-order valence-electron chi connectivity index (χ3n) is 5.89. The van der Waals surface area contributed by atoms with Gasteiger partial charge in [0, 0.05) is 44.8 Å². The standard InChI is InChI=1S/C24H29N3O3/c1-3-21-24(29)27(20-9-4-5-10-22(20)30-21)12-11-23(28)26-15-13-25(14-16-26)19-8-6-7-18(2)17-19/h4-10,17,21H,3,11-16H2,1-2H3. The maximum absolute atomic E-state index is 12.8. The minimum absolute atomic E-state index is 0.0618. The average Bonchev–Trinajstić information content (AvgIpc) is 2.78. The minimum Gasteiger partial charge on any atom is -0.478 e. The number of hydrogen-bond donors (Lipinski definition) is 0. The van der Waals surface area contributed by atoms with Crippen molar-refractivity contribution in [2.24, 2.45) is 0 Å². The maximum atomic E-state index is 12.8. The van der Waals surface area contributed by atoms with E-state index in [4.69, 9.17) is 4.74 Å². The summed E-state index contributed by atoms with van der Waals surface area (Å²) in [7, 11) is 0. The molecule has 0 N–H and O–H groups in total. The molecule has 2 heterocycles. The first kappa shape index (κ1) is 20.3. The Morgan fingerprint density at radius 3 is 2.57 bits per heavy atom. The molecule has 0 spiro atoms. The maximum Gasteiger partial charge on any atom is 0.268 e. The molecule has 2 aromatic rings. The Hall–Kier alpha value is -3.02. The molecule has 2 aliphatic heterocycles. The number of carbonyl (C=O) groups is 2. The summed E-state index contributed by atoms with van der Waals surface area (Å²) < 4.78 is 5.82. The molecule has 4 rings (SSSR count). The molecule has 6 heteroatoms. The van der Waals surface area contributed by atoms with Gasteiger partial charge in [-0.1, -0.05) is 31.2 Å². The number of fused-ring (bicyclic) bond motifs is 1. The summed E-state index contributed by atoms with van der Waals surface area (Å²) in [6, 6.07) is 16.0. The van der Waals surface area contributed by atoms with Gasteiger partial charge in [0.05, 0.1) is 5.69 Å². The highest BCUT2D eigenvalue weighted by Crippen LogP contribution is 2.34. The Balaban J connectivity index is 1.35. The minimum atomic E-state index is -0.479. The number of hydrogen-bond acceptors (Lipinski definition) is 4. The lowest BCUT2D eigenvalue weighted by Gasteiger charge is -2.37. The molecule has 0 aromatic heterocycles. The molecule has 2 aromatic carbocycles. The lowest BCUT2D eigenvalue weighted by Crippen LogP contribution is -2.50. The van der Waals surface area contributed by atoms with Gasteiger partial charge >= 0.3 is 0 Å². The number of rotatable bonds is 5. The van der Waals surface area contributed by atoms with E-state index in [9.17, 15) is 9.59 Å². The molecule has 1 fully saturated rings. The smallest absolute Gasteiger partial charge is 0.268 e. The van der Waals surface area contributed by atoms with E-state index < -0.39 is 6.10 Å². The van der Waals surface area contributed by atoms with Gasteiger partial charge in [-0.25, -0.2) is 0 Å². The third-order valence-corrected chi connectivity index (χ3v) is 5.89. The molecule has 0 saturated carbocycles. The van der Waals surface area contributed by atoms with Gasteiger partial charge in [-0.3, -0.25) is 9.59 Å². The summed E-state index contributed by atoms with van der Waals surface area (Å²) in [6.45, 7) is 7.48. The zero-order chi connectivity index (χ0) is 21.1. The predicted molar refractivity (Wildman–Crippen MR) is 118 cm³/mol. The first-order chi connectivity index (χ1) is 14.6. The monoisotopic (exact) mass is 407 g/mol. The van der Waals surface area contributed by atoms with E-state index in [1.54, 1.807) is 4.90 Å². The summed E-state index contributed by atoms with van der Waals surface area (Å²) in [5.41, 5.74) is 3.21. The van der Waals surface area contributed by atoms with E-state index in [1.165, 1.54) is 11.3 Å². The molecule has 0 bridgehead atoms. The van der Waals surface area contributed by atoms with Crippen LogP contribution in [-0.4, -0.2) is 55.5 Å². The van der Waals surface area contributed by atoms with E-state index >= 15 is 0 Å². The second kappa shape index (κ2) is 8.78. The second-order valence-electron chi connectivity index (χ2n) is 7.93. The Bertz CT molecular complexity index is 921. The second-order valence-corrected chi connectivity index (χ2v) is 7.93. The summed E-state index contributed by atoms with van der Waals surface area (Å²) >= 11 is 0. The van der Waals surface area contributed by atoms with Gasteiger partial charge in [0.1, 0.15) is 5.75 Å². The van der Waals surface area contributed by atoms with Crippen LogP contribution in [0.1, 0.15) is 25.3 Å². The van der Waals surface area contributed by atoms with Crippen LogP contribution in [0, 0.1) is 6.92 Å². The highest BCUT2D eigenvalue weighted by atomic mass is 16.5. The first-order valence-electron chi connectivity index (χ1n) is 10.7. The van der Waals surface area contributed by atoms with Crippen molar-refractivity contribution in [3.05, 3.63) is 54.1 Å². The lowest BCUT2D eigenvalue weighted by molar-refractivity contribution is -0.131. The van der Waals surface area contributed by atoms with Gasteiger partial charge in [0.15, 0.2) is 6.10 Å². The number of anilines is 2. The van der Waals surface area contributed by atoms with Crippen LogP contribution >= 0.6 is 0 Å². The lowest BCUT2D eigenvalue weighted by atomic mass is 10.1. The first-order valence-corrected chi connectivity index (χ1v) is 10.7. The van der Waals surface area contributed by atoms with Crippen LogP contribution in [0.2, 0.25) is 0 Å². The molecule has 30 heavy (non-hydrogen) atoms. The van der Waals surface area contributed by atoms with Crippen molar-refractivity contribution in [3.8, 4) is 5.75 Å². The quantitative estimate of drug-likeness (QED) is 0.764. The Labute approximate surface area is 178 Å². The van der Waals surface area contributed by atoms with Crippen molar-refractivity contribution in [3.63, 3.8) is 0 Å². The fourth-order valence-corrected chi connectivity index (χ4v) is 4.17. The van der Waals surface area contributed by atoms with Crippen LogP contribution in [0.3, 0.4) is 0 Å². The molecular weight excluding hydrogens is 378 g/mol. The third kappa shape index (κ3) is 4.13. The van der Waals surface area contributed by atoms with Gasteiger partial charge in [0.25, 0.3) is 5.91 Å². The number of piperazine rings is 1. The van der Waals surface area contributed by atoms with Gasteiger partial charge in [0.2, 0.25) is 5.91 Å². The molecular formula is C24H29N3O3. The van der Waals surface area contributed by atoms with Crippen LogP contribution in [0.15, 0.2) is 48.5 Å². The van der Waals surface area contributed by atoms with Gasteiger partial charge in [-0.15, -0.1) is 0 Å². The SMILES string of the molecule is CCC1Oc2ccccc2N(CCC(=O)N2CCN(c3cccc(C)c3)CC2)C1=O. The van der Waals surface area contributed by atoms with E-state index in [1.807, 2.05) is 36.1 Å². The normalized spacial score (nSPS) is 18.8. The average molecular weight is 408 g/mol. The van der Waals surface area contributed by atoms with Gasteiger partial charge < -0.3 is 19.4 Å². The molecule has 2 amide bonds. The summed E-state index contributed by atoms with van der Waals surface area (Å²) in [5, 5.41) is 0. The summed E-state index contributed by atoms with van der Waals surface area (Å²) in [5.74, 6) is 0.750. The number of carbonyl (C=O) groups excluding carboxylic acids is 2. The number of aryl methyl sites for hydroxylation is 1. The molecule has 1 atom stereocenters. The van der Waals surface area contributed by atoms with E-state index in [0.717, 1.165) is 18.8 Å². The van der Waals surface area contributed by atoms with Gasteiger partial charge in [-0.05, 0) is 43.2 Å². The Morgan fingerprint density at radius 2 is 1.83 bits per heavy atom. The number of amides is 2. The van der Waals surface area contributed by atoms with E-state index in [2.05, 4.69) is 36.1 Å². The Morgan fingerprint density at radius 1 is 1.07 bits per heavy atom. The van der Waals surface area contributed by atoms with Crippen molar-refractivity contribution < 1.29 is 14.3 Å². The largest absolute Gasteiger partial charge is 0.478 e. The molecule has 0 radical (unpaired) electrons. The number of para-hydroxylation sites is 2. The van der Waals surface area contributed by atoms with Crippen LogP contribution < -0.4 is 14.5 Å². The summed E-state index contributed by atoms with van der Waals surface area (Å²) in [4.78, 5) is 31.6. The number of ether oxygens (including phenoxy) is 1. The van der Waals surface area contributed by atoms with Crippen LogP contribution in [-0.2, 0) is 9.59 Å². The highest BCUT2D eigenvalue weighted by Gasteiger charge is 2.33. The molecule has 1 saturated heterocycles.